The van der Waals surface area contributed by atoms with Crippen LogP contribution in [0.5, 0.6) is 0 Å². The number of benzene rings is 1. The minimum absolute atomic E-state index is 0.0797. The Balaban J connectivity index is 1.82. The lowest BCUT2D eigenvalue weighted by Crippen LogP contribution is -2.16. The molecule has 0 heterocycles. The Hall–Kier alpha value is -0.580. The predicted molar refractivity (Wildman–Crippen MR) is 88.8 cm³/mol. The lowest BCUT2D eigenvalue weighted by molar-refractivity contribution is -0.113. The summed E-state index contributed by atoms with van der Waals surface area (Å²) in [5.41, 5.74) is 6.64. The number of halogens is 2. The molecule has 0 unspecified atom stereocenters. The summed E-state index contributed by atoms with van der Waals surface area (Å²) in [5.74, 6) is 2.17. The van der Waals surface area contributed by atoms with E-state index >= 15 is 0 Å². The van der Waals surface area contributed by atoms with Crippen LogP contribution in [0.4, 0.5) is 11.4 Å². The highest BCUT2D eigenvalue weighted by Crippen LogP contribution is 2.32. The second-order valence-electron chi connectivity index (χ2n) is 5.07. The second-order valence-corrected chi connectivity index (χ2v) is 6.94. The number of amides is 1. The largest absolute Gasteiger partial charge is 0.397 e. The van der Waals surface area contributed by atoms with Crippen molar-refractivity contribution in [3.8, 4) is 0 Å². The van der Waals surface area contributed by atoms with Gasteiger partial charge in [-0.3, -0.25) is 4.79 Å². The third kappa shape index (κ3) is 4.47. The molecule has 0 radical (unpaired) electrons. The smallest absolute Gasteiger partial charge is 0.234 e. The Morgan fingerprint density at radius 2 is 2.05 bits per heavy atom. The molecule has 3 N–H and O–H groups in total. The van der Waals surface area contributed by atoms with Gasteiger partial charge in [0.25, 0.3) is 0 Å². The van der Waals surface area contributed by atoms with Crippen LogP contribution in [0, 0.1) is 5.92 Å². The van der Waals surface area contributed by atoms with E-state index in [-0.39, 0.29) is 5.91 Å². The molecule has 1 fully saturated rings. The summed E-state index contributed by atoms with van der Waals surface area (Å²) in [6.07, 6.45) is 5.25. The van der Waals surface area contributed by atoms with Crippen molar-refractivity contribution in [1.29, 1.82) is 0 Å². The van der Waals surface area contributed by atoms with Crippen LogP contribution in [0.2, 0.25) is 10.0 Å². The molecule has 0 spiro atoms. The highest BCUT2D eigenvalue weighted by molar-refractivity contribution is 7.99. The predicted octanol–water partition coefficient (Wildman–Crippen LogP) is 4.44. The normalized spacial score (nSPS) is 15.5. The van der Waals surface area contributed by atoms with Crippen LogP contribution < -0.4 is 11.1 Å². The van der Waals surface area contributed by atoms with Crippen LogP contribution in [0.1, 0.15) is 25.7 Å². The first-order valence-corrected chi connectivity index (χ1v) is 8.59. The fourth-order valence-electron chi connectivity index (χ4n) is 2.40. The zero-order valence-electron chi connectivity index (χ0n) is 11.1. The van der Waals surface area contributed by atoms with Crippen molar-refractivity contribution in [1.82, 2.24) is 0 Å². The van der Waals surface area contributed by atoms with Crippen LogP contribution in [0.25, 0.3) is 0 Å². The molecule has 1 aromatic rings. The van der Waals surface area contributed by atoms with Crippen molar-refractivity contribution in [3.63, 3.8) is 0 Å². The first-order valence-electron chi connectivity index (χ1n) is 6.68. The molecule has 1 aliphatic carbocycles. The molecule has 0 saturated heterocycles. The molecule has 0 aromatic heterocycles. The van der Waals surface area contributed by atoms with Gasteiger partial charge in [0, 0.05) is 5.02 Å². The number of thioether (sulfide) groups is 1. The highest BCUT2D eigenvalue weighted by atomic mass is 35.5. The molecule has 1 saturated carbocycles. The first-order chi connectivity index (χ1) is 9.56. The Morgan fingerprint density at radius 3 is 2.70 bits per heavy atom. The Bertz CT molecular complexity index is 467. The van der Waals surface area contributed by atoms with Gasteiger partial charge in [-0.25, -0.2) is 0 Å². The number of hydrogen-bond acceptors (Lipinski definition) is 3. The fraction of sp³-hybridized carbons (Fsp3) is 0.500. The van der Waals surface area contributed by atoms with Gasteiger partial charge in [-0.05, 0) is 36.6 Å². The monoisotopic (exact) mass is 332 g/mol. The Morgan fingerprint density at radius 1 is 1.35 bits per heavy atom. The van der Waals surface area contributed by atoms with Crippen molar-refractivity contribution >= 4 is 52.2 Å². The molecular formula is C14H18Cl2N2OS. The van der Waals surface area contributed by atoms with Crippen molar-refractivity contribution in [2.75, 3.05) is 22.6 Å². The van der Waals surface area contributed by atoms with Gasteiger partial charge in [0.2, 0.25) is 5.91 Å². The van der Waals surface area contributed by atoms with Gasteiger partial charge in [-0.15, -0.1) is 0 Å². The van der Waals surface area contributed by atoms with Gasteiger partial charge >= 0.3 is 0 Å². The number of nitrogens with two attached hydrogens (primary N) is 1. The summed E-state index contributed by atoms with van der Waals surface area (Å²) >= 11 is 13.5. The quantitative estimate of drug-likeness (QED) is 0.784. The standard InChI is InChI=1S/C14H18Cl2N2OS/c15-10-5-11(16)14(12(17)6-10)18-13(19)8-20-7-9-3-1-2-4-9/h5-6,9H,1-4,7-8,17H2,(H,18,19). The van der Waals surface area contributed by atoms with E-state index in [9.17, 15) is 4.79 Å². The number of hydrogen-bond donors (Lipinski definition) is 2. The molecular weight excluding hydrogens is 315 g/mol. The van der Waals surface area contributed by atoms with E-state index in [0.717, 1.165) is 11.7 Å². The second kappa shape index (κ2) is 7.43. The van der Waals surface area contributed by atoms with E-state index in [4.69, 9.17) is 28.9 Å². The summed E-state index contributed by atoms with van der Waals surface area (Å²) in [6, 6.07) is 3.15. The summed E-state index contributed by atoms with van der Waals surface area (Å²) in [5, 5.41) is 3.58. The summed E-state index contributed by atoms with van der Waals surface area (Å²) < 4.78 is 0. The number of anilines is 2. The molecule has 1 amide bonds. The molecule has 1 aromatic carbocycles. The first kappa shape index (κ1) is 15.8. The van der Waals surface area contributed by atoms with E-state index in [1.807, 2.05) is 0 Å². The van der Waals surface area contributed by atoms with E-state index in [1.54, 1.807) is 23.9 Å². The van der Waals surface area contributed by atoms with Crippen molar-refractivity contribution in [2.45, 2.75) is 25.7 Å². The van der Waals surface area contributed by atoms with Gasteiger partial charge in [0.15, 0.2) is 0 Å². The third-order valence-corrected chi connectivity index (χ3v) is 5.10. The number of carbonyl (C=O) groups excluding carboxylic acids is 1. The number of nitrogens with one attached hydrogen (secondary N) is 1. The molecule has 0 bridgehead atoms. The van der Waals surface area contributed by atoms with Gasteiger partial charge in [-0.2, -0.15) is 11.8 Å². The van der Waals surface area contributed by atoms with E-state index in [2.05, 4.69) is 5.32 Å². The average molecular weight is 333 g/mol. The zero-order chi connectivity index (χ0) is 14.5. The Labute approximate surface area is 133 Å². The lowest BCUT2D eigenvalue weighted by Gasteiger charge is -2.11. The van der Waals surface area contributed by atoms with Gasteiger partial charge in [-0.1, -0.05) is 36.0 Å². The molecule has 2 rings (SSSR count). The minimum atomic E-state index is -0.0797. The van der Waals surface area contributed by atoms with Crippen molar-refractivity contribution < 1.29 is 4.79 Å². The average Bonchev–Trinajstić information content (AvgIpc) is 2.87. The van der Waals surface area contributed by atoms with Crippen LogP contribution >= 0.6 is 35.0 Å². The van der Waals surface area contributed by atoms with E-state index in [1.165, 1.54) is 25.7 Å². The van der Waals surface area contributed by atoms with Crippen molar-refractivity contribution in [3.05, 3.63) is 22.2 Å². The maximum atomic E-state index is 11.9. The molecule has 3 nitrogen and oxygen atoms in total. The number of rotatable bonds is 5. The summed E-state index contributed by atoms with van der Waals surface area (Å²) in [6.45, 7) is 0. The highest BCUT2D eigenvalue weighted by Gasteiger charge is 2.16. The van der Waals surface area contributed by atoms with E-state index < -0.39 is 0 Å². The van der Waals surface area contributed by atoms with Crippen LogP contribution in [0.15, 0.2) is 12.1 Å². The van der Waals surface area contributed by atoms with Crippen LogP contribution in [-0.2, 0) is 4.79 Å². The maximum Gasteiger partial charge on any atom is 0.234 e. The van der Waals surface area contributed by atoms with Crippen molar-refractivity contribution in [2.24, 2.45) is 5.92 Å². The number of carbonyl (C=O) groups is 1. The fourth-order valence-corrected chi connectivity index (χ4v) is 3.99. The van der Waals surface area contributed by atoms with Gasteiger partial charge in [0.05, 0.1) is 22.2 Å². The number of nitrogen functional groups attached to an aromatic ring is 1. The maximum absolute atomic E-state index is 11.9. The van der Waals surface area contributed by atoms with Crippen LogP contribution in [-0.4, -0.2) is 17.4 Å². The minimum Gasteiger partial charge on any atom is -0.397 e. The molecule has 0 aliphatic heterocycles. The SMILES string of the molecule is Nc1cc(Cl)cc(Cl)c1NC(=O)CSCC1CCCC1. The van der Waals surface area contributed by atoms with Gasteiger partial charge < -0.3 is 11.1 Å². The molecule has 6 heteroatoms. The van der Waals surface area contributed by atoms with Crippen LogP contribution in [0.3, 0.4) is 0 Å². The molecule has 0 atom stereocenters. The lowest BCUT2D eigenvalue weighted by atomic mass is 10.1. The molecule has 20 heavy (non-hydrogen) atoms. The molecule has 110 valence electrons. The van der Waals surface area contributed by atoms with E-state index in [0.29, 0.717) is 27.2 Å². The third-order valence-electron chi connectivity index (χ3n) is 3.41. The Kier molecular flexibility index (Phi) is 5.87. The topological polar surface area (TPSA) is 55.1 Å². The summed E-state index contributed by atoms with van der Waals surface area (Å²) in [7, 11) is 0. The molecule has 1 aliphatic rings. The van der Waals surface area contributed by atoms with Gasteiger partial charge in [0.1, 0.15) is 0 Å². The zero-order valence-corrected chi connectivity index (χ0v) is 13.5. The summed E-state index contributed by atoms with van der Waals surface area (Å²) in [4.78, 5) is 11.9.